The highest BCUT2D eigenvalue weighted by Crippen LogP contribution is 2.65. The third-order valence-corrected chi connectivity index (χ3v) is 7.72. The van der Waals surface area contributed by atoms with Gasteiger partial charge >= 0.3 is 5.97 Å². The van der Waals surface area contributed by atoms with Crippen molar-refractivity contribution in [3.8, 4) is 0 Å². The first kappa shape index (κ1) is 23.7. The minimum atomic E-state index is -1.07. The van der Waals surface area contributed by atoms with Gasteiger partial charge < -0.3 is 24.8 Å². The van der Waals surface area contributed by atoms with Gasteiger partial charge in [-0.1, -0.05) is 37.3 Å². The molecular weight excluding hydrogens is 424 g/mol. The van der Waals surface area contributed by atoms with Crippen LogP contribution in [0.5, 0.6) is 0 Å². The molecule has 2 bridgehead atoms. The number of nitrogens with one attached hydrogen (secondary N) is 1. The summed E-state index contributed by atoms with van der Waals surface area (Å²) in [7, 11) is 0. The lowest BCUT2D eigenvalue weighted by molar-refractivity contribution is -0.161. The molecule has 8 nitrogen and oxygen atoms in total. The van der Waals surface area contributed by atoms with Gasteiger partial charge in [-0.15, -0.1) is 0 Å². The Labute approximate surface area is 194 Å². The van der Waals surface area contributed by atoms with Gasteiger partial charge in [-0.3, -0.25) is 14.4 Å². The van der Waals surface area contributed by atoms with E-state index < -0.39 is 35.0 Å². The van der Waals surface area contributed by atoms with Gasteiger partial charge in [0, 0.05) is 19.7 Å². The lowest BCUT2D eigenvalue weighted by Crippen LogP contribution is -2.55. The summed E-state index contributed by atoms with van der Waals surface area (Å²) in [6.07, 6.45) is 1.61. The summed E-state index contributed by atoms with van der Waals surface area (Å²) in [6, 6.07) is 8.75. The Kier molecular flexibility index (Phi) is 6.51. The largest absolute Gasteiger partial charge is 0.466 e. The van der Waals surface area contributed by atoms with Gasteiger partial charge in [0.15, 0.2) is 0 Å². The molecule has 1 aromatic carbocycles. The number of amides is 2. The van der Waals surface area contributed by atoms with Gasteiger partial charge in [-0.25, -0.2) is 0 Å². The number of benzene rings is 1. The van der Waals surface area contributed by atoms with Gasteiger partial charge in [0.25, 0.3) is 0 Å². The fourth-order valence-electron chi connectivity index (χ4n) is 6.15. The topological polar surface area (TPSA) is 105 Å². The van der Waals surface area contributed by atoms with Crippen LogP contribution in [-0.2, 0) is 30.4 Å². The summed E-state index contributed by atoms with van der Waals surface area (Å²) in [5, 5.41) is 12.2. The molecule has 2 amide bonds. The van der Waals surface area contributed by atoms with E-state index in [0.717, 1.165) is 5.56 Å². The number of nitrogens with zero attached hydrogens (tertiary/aromatic N) is 1. The monoisotopic (exact) mass is 458 g/mol. The lowest BCUT2D eigenvalue weighted by atomic mass is 9.62. The molecule has 1 aromatic rings. The number of likely N-dealkylation sites (tertiary alicyclic amines) is 1. The highest BCUT2D eigenvalue weighted by atomic mass is 16.6. The molecule has 0 saturated carbocycles. The first-order valence-electron chi connectivity index (χ1n) is 11.9. The molecule has 3 aliphatic rings. The second kappa shape index (κ2) is 9.06. The number of fused-ring (bicyclic) bond motifs is 1. The molecule has 0 aliphatic carbocycles. The molecule has 3 unspecified atom stereocenters. The van der Waals surface area contributed by atoms with Crippen molar-refractivity contribution in [1.82, 2.24) is 10.2 Å². The molecular formula is C25H34N2O6. The quantitative estimate of drug-likeness (QED) is 0.431. The number of carbonyl (C=O) groups is 3. The highest BCUT2D eigenvalue weighted by Gasteiger charge is 2.80. The Morgan fingerprint density at radius 1 is 1.27 bits per heavy atom. The van der Waals surface area contributed by atoms with Crippen molar-refractivity contribution in [1.29, 1.82) is 0 Å². The fourth-order valence-corrected chi connectivity index (χ4v) is 6.15. The van der Waals surface area contributed by atoms with Crippen molar-refractivity contribution >= 4 is 17.8 Å². The van der Waals surface area contributed by atoms with Gasteiger partial charge in [0.1, 0.15) is 17.6 Å². The lowest BCUT2D eigenvalue weighted by Gasteiger charge is -2.35. The Bertz CT molecular complexity index is 907. The van der Waals surface area contributed by atoms with Crippen LogP contribution in [0.15, 0.2) is 30.3 Å². The van der Waals surface area contributed by atoms with Crippen LogP contribution in [-0.4, -0.2) is 64.8 Å². The second-order valence-corrected chi connectivity index (χ2v) is 9.62. The third-order valence-electron chi connectivity index (χ3n) is 7.72. The maximum atomic E-state index is 13.7. The predicted molar refractivity (Wildman–Crippen MR) is 120 cm³/mol. The smallest absolute Gasteiger partial charge is 0.312 e. The molecule has 33 heavy (non-hydrogen) atoms. The van der Waals surface area contributed by atoms with Crippen molar-refractivity contribution in [3.05, 3.63) is 35.9 Å². The Morgan fingerprint density at radius 2 is 2.00 bits per heavy atom. The van der Waals surface area contributed by atoms with Gasteiger partial charge in [0.2, 0.25) is 11.8 Å². The minimum absolute atomic E-state index is 0.0124. The summed E-state index contributed by atoms with van der Waals surface area (Å²) in [4.78, 5) is 41.9. The van der Waals surface area contributed by atoms with Crippen molar-refractivity contribution in [3.63, 3.8) is 0 Å². The number of hydrogen-bond acceptors (Lipinski definition) is 6. The zero-order chi connectivity index (χ0) is 23.8. The van der Waals surface area contributed by atoms with E-state index in [1.807, 2.05) is 44.2 Å². The van der Waals surface area contributed by atoms with E-state index >= 15 is 0 Å². The summed E-state index contributed by atoms with van der Waals surface area (Å²) >= 11 is 0. The number of rotatable bonds is 9. The van der Waals surface area contributed by atoms with Crippen LogP contribution in [0.2, 0.25) is 0 Å². The van der Waals surface area contributed by atoms with Crippen LogP contribution in [0.3, 0.4) is 0 Å². The maximum Gasteiger partial charge on any atom is 0.312 e. The van der Waals surface area contributed by atoms with Crippen LogP contribution >= 0.6 is 0 Å². The molecule has 3 heterocycles. The number of aliphatic hydroxyl groups is 1. The third kappa shape index (κ3) is 3.73. The first-order chi connectivity index (χ1) is 15.8. The van der Waals surface area contributed by atoms with Gasteiger partial charge in [-0.2, -0.15) is 0 Å². The molecule has 1 spiro atoms. The number of unbranched alkanes of at least 4 members (excludes halogenated alkanes) is 1. The summed E-state index contributed by atoms with van der Waals surface area (Å²) in [5.74, 6) is -2.47. The highest BCUT2D eigenvalue weighted by molar-refractivity contribution is 5.98. The fraction of sp³-hybridized carbons (Fsp3) is 0.640. The molecule has 180 valence electrons. The number of aliphatic hydroxyl groups excluding tert-OH is 1. The Balaban J connectivity index is 1.67. The van der Waals surface area contributed by atoms with Crippen molar-refractivity contribution < 1.29 is 29.0 Å². The molecule has 3 aliphatic heterocycles. The summed E-state index contributed by atoms with van der Waals surface area (Å²) in [6.45, 7) is 6.51. The van der Waals surface area contributed by atoms with E-state index in [2.05, 4.69) is 5.32 Å². The van der Waals surface area contributed by atoms with Crippen LogP contribution in [0.25, 0.3) is 0 Å². The Morgan fingerprint density at radius 3 is 2.67 bits per heavy atom. The molecule has 3 saturated heterocycles. The van der Waals surface area contributed by atoms with Gasteiger partial charge in [0.05, 0.1) is 18.1 Å². The van der Waals surface area contributed by atoms with E-state index in [9.17, 15) is 19.5 Å². The number of esters is 1. The van der Waals surface area contributed by atoms with E-state index in [1.165, 1.54) is 0 Å². The second-order valence-electron chi connectivity index (χ2n) is 9.62. The van der Waals surface area contributed by atoms with E-state index in [0.29, 0.717) is 32.4 Å². The standard InChI is InChI=1S/C25H34N2O6/c1-4-32-23(31)19-18-22(30)27(12-8-9-13-28)20(25(18)14-16(2)24(19,3)33-25)21(29)26-15-17-10-6-5-7-11-17/h5-7,10-11,16,18-20,28H,4,8-9,12-15H2,1-3H3,(H,26,29)/t16?,18-,19+,20?,24-,25?/m0/s1. The van der Waals surface area contributed by atoms with E-state index in [-0.39, 0.29) is 30.9 Å². The zero-order valence-electron chi connectivity index (χ0n) is 19.6. The van der Waals surface area contributed by atoms with Crippen molar-refractivity contribution in [2.24, 2.45) is 17.8 Å². The Hall–Kier alpha value is -2.45. The SMILES string of the molecule is CCOC(=O)[C@H]1[C@H]2C(=O)N(CCCCO)C(C(=O)NCc3ccccc3)C23CC(C)[C@]1(C)O3. The van der Waals surface area contributed by atoms with E-state index in [1.54, 1.807) is 11.8 Å². The van der Waals surface area contributed by atoms with E-state index in [4.69, 9.17) is 9.47 Å². The zero-order valence-corrected chi connectivity index (χ0v) is 19.6. The van der Waals surface area contributed by atoms with Crippen LogP contribution in [0.1, 0.15) is 45.6 Å². The number of hydrogen-bond donors (Lipinski definition) is 2. The molecule has 4 rings (SSSR count). The maximum absolute atomic E-state index is 13.7. The number of carbonyl (C=O) groups excluding carboxylic acids is 3. The summed E-state index contributed by atoms with van der Waals surface area (Å²) in [5.41, 5.74) is -0.970. The predicted octanol–water partition coefficient (Wildman–Crippen LogP) is 1.65. The first-order valence-corrected chi connectivity index (χ1v) is 11.9. The van der Waals surface area contributed by atoms with Crippen LogP contribution < -0.4 is 5.32 Å². The van der Waals surface area contributed by atoms with Gasteiger partial charge in [-0.05, 0) is 44.6 Å². The molecule has 2 N–H and O–H groups in total. The van der Waals surface area contributed by atoms with Crippen molar-refractivity contribution in [2.75, 3.05) is 19.8 Å². The average Bonchev–Trinajstić information content (AvgIpc) is 3.30. The van der Waals surface area contributed by atoms with Crippen LogP contribution in [0.4, 0.5) is 0 Å². The molecule has 6 atom stereocenters. The van der Waals surface area contributed by atoms with Crippen LogP contribution in [0, 0.1) is 17.8 Å². The molecule has 3 fully saturated rings. The molecule has 0 aromatic heterocycles. The van der Waals surface area contributed by atoms with Crippen molar-refractivity contribution in [2.45, 2.75) is 63.8 Å². The minimum Gasteiger partial charge on any atom is -0.466 e. The number of ether oxygens (including phenoxy) is 2. The summed E-state index contributed by atoms with van der Waals surface area (Å²) < 4.78 is 11.9. The molecule has 8 heteroatoms. The molecule has 0 radical (unpaired) electrons. The average molecular weight is 459 g/mol. The normalized spacial score (nSPS) is 34.4.